The highest BCUT2D eigenvalue weighted by molar-refractivity contribution is 14.1. The molecule has 2 rings (SSSR count). The number of benzene rings is 2. The van der Waals surface area contributed by atoms with E-state index < -0.39 is 27.1 Å². The first-order chi connectivity index (χ1) is 10.9. The number of hydrogen-bond acceptors (Lipinski definition) is 6. The van der Waals surface area contributed by atoms with Crippen LogP contribution in [-0.2, 0) is 0 Å². The van der Waals surface area contributed by atoms with Crippen LogP contribution in [0.4, 0.5) is 17.1 Å². The predicted molar refractivity (Wildman–Crippen MR) is 90.0 cm³/mol. The van der Waals surface area contributed by atoms with Crippen molar-refractivity contribution in [1.82, 2.24) is 5.43 Å². The molecule has 2 N–H and O–H groups in total. The molecule has 0 aromatic heterocycles. The summed E-state index contributed by atoms with van der Waals surface area (Å²) in [6.45, 7) is 0. The third-order valence-electron chi connectivity index (χ3n) is 2.79. The Morgan fingerprint density at radius 1 is 1.04 bits per heavy atom. The summed E-state index contributed by atoms with van der Waals surface area (Å²) in [5, 5.41) is 21.6. The van der Waals surface area contributed by atoms with Gasteiger partial charge in [-0.3, -0.25) is 35.9 Å². The summed E-state index contributed by atoms with van der Waals surface area (Å²) in [5.74, 6) is -0.490. The number of nitrogens with one attached hydrogen (secondary N) is 2. The summed E-state index contributed by atoms with van der Waals surface area (Å²) in [6, 6.07) is 9.82. The van der Waals surface area contributed by atoms with Crippen LogP contribution in [-0.4, -0.2) is 15.8 Å². The van der Waals surface area contributed by atoms with Gasteiger partial charge in [0.25, 0.3) is 11.6 Å². The molecule has 2 aromatic rings. The molecule has 0 bridgehead atoms. The lowest BCUT2D eigenvalue weighted by Crippen LogP contribution is -2.29. The molecule has 0 saturated carbocycles. The van der Waals surface area contributed by atoms with Crippen LogP contribution in [0.25, 0.3) is 0 Å². The van der Waals surface area contributed by atoms with Gasteiger partial charge in [-0.25, -0.2) is 0 Å². The summed E-state index contributed by atoms with van der Waals surface area (Å²) >= 11 is 2.05. The second-order valence-corrected chi connectivity index (χ2v) is 5.55. The van der Waals surface area contributed by atoms with Crippen molar-refractivity contribution in [3.05, 3.63) is 71.8 Å². The van der Waals surface area contributed by atoms with Crippen molar-refractivity contribution in [2.75, 3.05) is 5.43 Å². The number of non-ortho nitro benzene ring substituents is 1. The van der Waals surface area contributed by atoms with E-state index in [0.29, 0.717) is 5.56 Å². The Morgan fingerprint density at radius 2 is 1.78 bits per heavy atom. The average molecular weight is 428 g/mol. The van der Waals surface area contributed by atoms with E-state index in [1.165, 1.54) is 0 Å². The second-order valence-electron chi connectivity index (χ2n) is 4.31. The first-order valence-electron chi connectivity index (χ1n) is 6.13. The second kappa shape index (κ2) is 7.00. The van der Waals surface area contributed by atoms with Crippen molar-refractivity contribution >= 4 is 45.6 Å². The maximum Gasteiger partial charge on any atom is 0.300 e. The summed E-state index contributed by atoms with van der Waals surface area (Å²) in [7, 11) is 0. The fourth-order valence-electron chi connectivity index (χ4n) is 1.72. The van der Waals surface area contributed by atoms with Crippen molar-refractivity contribution in [2.45, 2.75) is 0 Å². The SMILES string of the molecule is O=C(NNc1ccc([N+](=O)[O-])cc1[N+](=O)[O-])c1cccc(I)c1. The monoisotopic (exact) mass is 428 g/mol. The highest BCUT2D eigenvalue weighted by atomic mass is 127. The van der Waals surface area contributed by atoms with Crippen LogP contribution in [0.3, 0.4) is 0 Å². The number of carbonyl (C=O) groups excluding carboxylic acids is 1. The quantitative estimate of drug-likeness (QED) is 0.428. The fourth-order valence-corrected chi connectivity index (χ4v) is 2.26. The molecule has 0 atom stereocenters. The fraction of sp³-hybridized carbons (Fsp3) is 0. The van der Waals surface area contributed by atoms with Crippen LogP contribution in [0.5, 0.6) is 0 Å². The van der Waals surface area contributed by atoms with E-state index in [0.717, 1.165) is 21.8 Å². The number of nitrogens with zero attached hydrogens (tertiary/aromatic N) is 2. The number of nitro benzene ring substituents is 2. The van der Waals surface area contributed by atoms with Gasteiger partial charge < -0.3 is 0 Å². The normalized spacial score (nSPS) is 9.96. The molecule has 0 fully saturated rings. The third-order valence-corrected chi connectivity index (χ3v) is 3.46. The van der Waals surface area contributed by atoms with Gasteiger partial charge in [-0.15, -0.1) is 0 Å². The van der Waals surface area contributed by atoms with E-state index in [-0.39, 0.29) is 5.69 Å². The molecule has 0 saturated heterocycles. The van der Waals surface area contributed by atoms with Crippen LogP contribution in [0.1, 0.15) is 10.4 Å². The number of anilines is 1. The maximum absolute atomic E-state index is 12.0. The molecule has 9 nitrogen and oxygen atoms in total. The molecule has 0 aliphatic rings. The minimum atomic E-state index is -0.771. The molecule has 118 valence electrons. The van der Waals surface area contributed by atoms with Gasteiger partial charge >= 0.3 is 5.69 Å². The van der Waals surface area contributed by atoms with Crippen molar-refractivity contribution in [3.63, 3.8) is 0 Å². The van der Waals surface area contributed by atoms with E-state index in [4.69, 9.17) is 0 Å². The Labute approximate surface area is 143 Å². The molecular weight excluding hydrogens is 419 g/mol. The molecule has 0 heterocycles. The minimum Gasteiger partial charge on any atom is -0.292 e. The zero-order chi connectivity index (χ0) is 17.0. The maximum atomic E-state index is 12.0. The van der Waals surface area contributed by atoms with Crippen molar-refractivity contribution in [2.24, 2.45) is 0 Å². The Bertz CT molecular complexity index is 796. The lowest BCUT2D eigenvalue weighted by atomic mass is 10.2. The number of nitro groups is 2. The van der Waals surface area contributed by atoms with Crippen LogP contribution in [0.2, 0.25) is 0 Å². The van der Waals surface area contributed by atoms with Gasteiger partial charge in [0.1, 0.15) is 5.69 Å². The van der Waals surface area contributed by atoms with Gasteiger partial charge in [-0.1, -0.05) is 6.07 Å². The minimum absolute atomic E-state index is 0.0559. The molecule has 10 heteroatoms. The Hall–Kier alpha value is -2.76. The van der Waals surface area contributed by atoms with Crippen molar-refractivity contribution < 1.29 is 14.6 Å². The highest BCUT2D eigenvalue weighted by Gasteiger charge is 2.19. The molecule has 0 radical (unpaired) electrons. The third kappa shape index (κ3) is 4.12. The van der Waals surface area contributed by atoms with Crippen molar-refractivity contribution in [3.8, 4) is 0 Å². The number of amides is 1. The average Bonchev–Trinajstić information content (AvgIpc) is 2.52. The topological polar surface area (TPSA) is 127 Å². The number of hydrazine groups is 1. The molecule has 0 aliphatic heterocycles. The molecule has 2 aromatic carbocycles. The van der Waals surface area contributed by atoms with Gasteiger partial charge in [0.05, 0.1) is 15.9 Å². The number of carbonyl (C=O) groups is 1. The number of rotatable bonds is 5. The van der Waals surface area contributed by atoms with Crippen LogP contribution < -0.4 is 10.9 Å². The Kier molecular flexibility index (Phi) is 5.05. The Balaban J connectivity index is 2.18. The predicted octanol–water partition coefficient (Wildman–Crippen LogP) is 2.86. The van der Waals surface area contributed by atoms with Crippen LogP contribution in [0, 0.1) is 23.8 Å². The lowest BCUT2D eigenvalue weighted by molar-refractivity contribution is -0.393. The van der Waals surface area contributed by atoms with Crippen molar-refractivity contribution in [1.29, 1.82) is 0 Å². The standard InChI is InChI=1S/C13H9IN4O5/c14-9-3-1-2-8(6-9)13(19)16-15-11-5-4-10(17(20)21)7-12(11)18(22)23/h1-7,15H,(H,16,19). The van der Waals surface area contributed by atoms with E-state index in [1.807, 2.05) is 28.7 Å². The summed E-state index contributed by atoms with van der Waals surface area (Å²) in [5.41, 5.74) is 4.12. The number of halogens is 1. The zero-order valence-corrected chi connectivity index (χ0v) is 13.5. The molecule has 0 spiro atoms. The molecular formula is C13H9IN4O5. The highest BCUT2D eigenvalue weighted by Crippen LogP contribution is 2.28. The van der Waals surface area contributed by atoms with Gasteiger partial charge in [0.15, 0.2) is 0 Å². The van der Waals surface area contributed by atoms with E-state index in [1.54, 1.807) is 18.2 Å². The molecule has 0 aliphatic carbocycles. The summed E-state index contributed by atoms with van der Waals surface area (Å²) < 4.78 is 0.858. The van der Waals surface area contributed by atoms with Gasteiger partial charge in [0.2, 0.25) is 0 Å². The van der Waals surface area contributed by atoms with Crippen LogP contribution >= 0.6 is 22.6 Å². The molecule has 1 amide bonds. The van der Waals surface area contributed by atoms with Gasteiger partial charge in [-0.2, -0.15) is 0 Å². The smallest absolute Gasteiger partial charge is 0.292 e. The van der Waals surface area contributed by atoms with Gasteiger partial charge in [-0.05, 0) is 46.9 Å². The summed E-state index contributed by atoms with van der Waals surface area (Å²) in [4.78, 5) is 32.1. The first-order valence-corrected chi connectivity index (χ1v) is 7.21. The lowest BCUT2D eigenvalue weighted by Gasteiger charge is -2.09. The summed E-state index contributed by atoms with van der Waals surface area (Å²) in [6.07, 6.45) is 0. The molecule has 23 heavy (non-hydrogen) atoms. The zero-order valence-electron chi connectivity index (χ0n) is 11.4. The van der Waals surface area contributed by atoms with E-state index in [2.05, 4.69) is 10.9 Å². The van der Waals surface area contributed by atoms with E-state index >= 15 is 0 Å². The molecule has 0 unspecified atom stereocenters. The number of hydrogen-bond donors (Lipinski definition) is 2. The van der Waals surface area contributed by atoms with Crippen LogP contribution in [0.15, 0.2) is 42.5 Å². The van der Waals surface area contributed by atoms with Gasteiger partial charge in [0, 0.05) is 15.2 Å². The Morgan fingerprint density at radius 3 is 2.39 bits per heavy atom. The first kappa shape index (κ1) is 16.6. The largest absolute Gasteiger partial charge is 0.300 e. The van der Waals surface area contributed by atoms with E-state index in [9.17, 15) is 25.0 Å².